The summed E-state index contributed by atoms with van der Waals surface area (Å²) in [5, 5.41) is 13.9. The van der Waals surface area contributed by atoms with Gasteiger partial charge in [0.1, 0.15) is 0 Å². The summed E-state index contributed by atoms with van der Waals surface area (Å²) in [6.45, 7) is 0.589. The summed E-state index contributed by atoms with van der Waals surface area (Å²) >= 11 is 0. The van der Waals surface area contributed by atoms with E-state index in [4.69, 9.17) is 0 Å². The molecule has 4 heteroatoms. The van der Waals surface area contributed by atoms with E-state index in [1.165, 1.54) is 5.56 Å². The van der Waals surface area contributed by atoms with Gasteiger partial charge < -0.3 is 15.2 Å². The van der Waals surface area contributed by atoms with Gasteiger partial charge in [0.15, 0.2) is 0 Å². The van der Waals surface area contributed by atoms with Crippen LogP contribution in [0.1, 0.15) is 31.2 Å². The van der Waals surface area contributed by atoms with Gasteiger partial charge in [0, 0.05) is 24.3 Å². The molecule has 0 bridgehead atoms. The number of carboxylic acid groups (broad SMARTS) is 1. The predicted octanol–water partition coefficient (Wildman–Crippen LogP) is 1.46. The maximum atomic E-state index is 12.1. The van der Waals surface area contributed by atoms with Crippen LogP contribution in [0.2, 0.25) is 0 Å². The van der Waals surface area contributed by atoms with E-state index in [0.29, 0.717) is 19.4 Å². The lowest BCUT2D eigenvalue weighted by molar-refractivity contribution is -0.313. The van der Waals surface area contributed by atoms with Gasteiger partial charge in [-0.05, 0) is 37.7 Å². The molecule has 1 aromatic carbocycles. The highest BCUT2D eigenvalue weighted by molar-refractivity contribution is 5.84. The first-order valence-corrected chi connectivity index (χ1v) is 7.86. The van der Waals surface area contributed by atoms with E-state index in [1.807, 2.05) is 30.4 Å². The first kappa shape index (κ1) is 16.3. The molecular weight excluding hydrogens is 278 g/mol. The minimum atomic E-state index is -1.13. The number of hydrogen-bond acceptors (Lipinski definition) is 3. The van der Waals surface area contributed by atoms with Crippen molar-refractivity contribution < 1.29 is 14.7 Å². The Labute approximate surface area is 131 Å². The van der Waals surface area contributed by atoms with Crippen LogP contribution in [0.3, 0.4) is 0 Å². The molecule has 0 saturated carbocycles. The van der Waals surface area contributed by atoms with E-state index in [-0.39, 0.29) is 5.91 Å². The number of carbonyl (C=O) groups excluding carboxylic acids is 2. The number of unbranched alkanes of at least 4 members (excludes halogenated alkanes) is 1. The fourth-order valence-electron chi connectivity index (χ4n) is 2.81. The zero-order chi connectivity index (χ0) is 15.8. The van der Waals surface area contributed by atoms with Crippen molar-refractivity contribution in [2.24, 2.45) is 11.8 Å². The summed E-state index contributed by atoms with van der Waals surface area (Å²) < 4.78 is 0. The third-order valence-electron chi connectivity index (χ3n) is 4.11. The Hall–Kier alpha value is -2.10. The molecule has 0 unspecified atom stereocenters. The van der Waals surface area contributed by atoms with E-state index >= 15 is 0 Å². The van der Waals surface area contributed by atoms with Crippen LogP contribution in [-0.2, 0) is 16.0 Å². The van der Waals surface area contributed by atoms with Crippen molar-refractivity contribution in [1.82, 2.24) is 5.32 Å². The van der Waals surface area contributed by atoms with Gasteiger partial charge in [0.05, 0.1) is 0 Å². The van der Waals surface area contributed by atoms with Gasteiger partial charge in [0.2, 0.25) is 5.91 Å². The maximum Gasteiger partial charge on any atom is 0.224 e. The summed E-state index contributed by atoms with van der Waals surface area (Å²) in [5.41, 5.74) is 1.29. The number of rotatable bonds is 7. The summed E-state index contributed by atoms with van der Waals surface area (Å²) in [6.07, 6.45) is 7.43. The number of amides is 1. The Morgan fingerprint density at radius 2 is 1.73 bits per heavy atom. The molecule has 2 rings (SSSR count). The molecule has 1 N–H and O–H groups in total. The van der Waals surface area contributed by atoms with Crippen molar-refractivity contribution in [3.8, 4) is 0 Å². The minimum Gasteiger partial charge on any atom is -0.550 e. The van der Waals surface area contributed by atoms with E-state index in [9.17, 15) is 14.7 Å². The highest BCUT2D eigenvalue weighted by Crippen LogP contribution is 2.25. The zero-order valence-electron chi connectivity index (χ0n) is 12.7. The molecule has 1 aromatic rings. The van der Waals surface area contributed by atoms with Crippen molar-refractivity contribution in [3.63, 3.8) is 0 Å². The average Bonchev–Trinajstić information content (AvgIpc) is 2.55. The summed E-state index contributed by atoms with van der Waals surface area (Å²) in [7, 11) is 0. The van der Waals surface area contributed by atoms with Crippen molar-refractivity contribution in [3.05, 3.63) is 48.0 Å². The number of nitrogens with one attached hydrogen (secondary N) is 1. The second kappa shape index (κ2) is 8.37. The molecule has 0 spiro atoms. The first-order chi connectivity index (χ1) is 10.7. The lowest BCUT2D eigenvalue weighted by atomic mass is 9.82. The monoisotopic (exact) mass is 300 g/mol. The standard InChI is InChI=1S/C18H23NO3/c20-17(15-11-4-5-12-16(15)18(21)22)19-13-7-6-10-14-8-2-1-3-9-14/h1-5,8-9,15-16H,6-7,10-13H2,(H,19,20)(H,21,22)/p-1/t15-,16+/m1/s1. The molecule has 22 heavy (non-hydrogen) atoms. The number of carbonyl (C=O) groups is 2. The van der Waals surface area contributed by atoms with Gasteiger partial charge in [-0.15, -0.1) is 0 Å². The Morgan fingerprint density at radius 1 is 1.05 bits per heavy atom. The third kappa shape index (κ3) is 4.72. The number of aryl methyl sites for hydroxylation is 1. The van der Waals surface area contributed by atoms with Crippen molar-refractivity contribution >= 4 is 11.9 Å². The van der Waals surface area contributed by atoms with Crippen LogP contribution < -0.4 is 10.4 Å². The fraction of sp³-hybridized carbons (Fsp3) is 0.444. The van der Waals surface area contributed by atoms with Crippen LogP contribution in [0.5, 0.6) is 0 Å². The summed E-state index contributed by atoms with van der Waals surface area (Å²) in [4.78, 5) is 23.2. The second-order valence-corrected chi connectivity index (χ2v) is 5.71. The molecule has 0 aliphatic heterocycles. The van der Waals surface area contributed by atoms with Gasteiger partial charge in [-0.2, -0.15) is 0 Å². The number of carboxylic acids is 1. The second-order valence-electron chi connectivity index (χ2n) is 5.71. The largest absolute Gasteiger partial charge is 0.550 e. The van der Waals surface area contributed by atoms with E-state index in [0.717, 1.165) is 19.3 Å². The minimum absolute atomic E-state index is 0.168. The number of allylic oxidation sites excluding steroid dienone is 2. The molecule has 4 nitrogen and oxygen atoms in total. The van der Waals surface area contributed by atoms with Crippen LogP contribution in [0.4, 0.5) is 0 Å². The maximum absolute atomic E-state index is 12.1. The Morgan fingerprint density at radius 3 is 2.41 bits per heavy atom. The van der Waals surface area contributed by atoms with Gasteiger partial charge in [-0.3, -0.25) is 4.79 Å². The highest BCUT2D eigenvalue weighted by Gasteiger charge is 2.29. The fourth-order valence-corrected chi connectivity index (χ4v) is 2.81. The first-order valence-electron chi connectivity index (χ1n) is 7.86. The molecule has 118 valence electrons. The predicted molar refractivity (Wildman–Crippen MR) is 82.8 cm³/mol. The van der Waals surface area contributed by atoms with Crippen molar-refractivity contribution in [2.45, 2.75) is 32.1 Å². The van der Waals surface area contributed by atoms with Gasteiger partial charge in [-0.25, -0.2) is 0 Å². The molecule has 2 atom stereocenters. The topological polar surface area (TPSA) is 69.2 Å². The smallest absolute Gasteiger partial charge is 0.224 e. The quantitative estimate of drug-likeness (QED) is 0.612. The molecule has 0 fully saturated rings. The van der Waals surface area contributed by atoms with Crippen molar-refractivity contribution in [2.75, 3.05) is 6.54 Å². The lowest BCUT2D eigenvalue weighted by Crippen LogP contribution is -2.43. The van der Waals surface area contributed by atoms with E-state index in [2.05, 4.69) is 17.4 Å². The van der Waals surface area contributed by atoms with Crippen LogP contribution in [0.25, 0.3) is 0 Å². The van der Waals surface area contributed by atoms with Gasteiger partial charge in [0.25, 0.3) is 0 Å². The number of benzene rings is 1. The number of hydrogen-bond donors (Lipinski definition) is 1. The SMILES string of the molecule is O=C([O-])[C@H]1CC=CC[C@H]1C(=O)NCCCCc1ccccc1. The molecule has 1 aliphatic carbocycles. The average molecular weight is 300 g/mol. The van der Waals surface area contributed by atoms with Gasteiger partial charge in [-0.1, -0.05) is 42.5 Å². The summed E-state index contributed by atoms with van der Waals surface area (Å²) in [5.74, 6) is -2.50. The molecule has 1 amide bonds. The third-order valence-corrected chi connectivity index (χ3v) is 4.11. The van der Waals surface area contributed by atoms with E-state index < -0.39 is 17.8 Å². The zero-order valence-corrected chi connectivity index (χ0v) is 12.7. The van der Waals surface area contributed by atoms with Crippen molar-refractivity contribution in [1.29, 1.82) is 0 Å². The Bertz CT molecular complexity index is 524. The van der Waals surface area contributed by atoms with Crippen LogP contribution >= 0.6 is 0 Å². The molecule has 0 saturated heterocycles. The van der Waals surface area contributed by atoms with Crippen LogP contribution in [0, 0.1) is 11.8 Å². The molecule has 0 radical (unpaired) electrons. The Balaban J connectivity index is 1.69. The lowest BCUT2D eigenvalue weighted by Gasteiger charge is -2.28. The van der Waals surface area contributed by atoms with Crippen LogP contribution in [0.15, 0.2) is 42.5 Å². The number of aliphatic carboxylic acids is 1. The molecular formula is C18H22NO3-. The van der Waals surface area contributed by atoms with Gasteiger partial charge >= 0.3 is 0 Å². The normalized spacial score (nSPS) is 20.5. The summed E-state index contributed by atoms with van der Waals surface area (Å²) in [6, 6.07) is 10.2. The van der Waals surface area contributed by atoms with Crippen LogP contribution in [-0.4, -0.2) is 18.4 Å². The highest BCUT2D eigenvalue weighted by atomic mass is 16.4. The Kier molecular flexibility index (Phi) is 6.19. The molecule has 0 heterocycles. The molecule has 1 aliphatic rings. The molecule has 0 aromatic heterocycles. The van der Waals surface area contributed by atoms with E-state index in [1.54, 1.807) is 0 Å².